The van der Waals surface area contributed by atoms with Crippen LogP contribution in [-0.2, 0) is 12.4 Å². The third kappa shape index (κ3) is 5.88. The Morgan fingerprint density at radius 1 is 0.875 bits per heavy atom. The first-order valence-electron chi connectivity index (χ1n) is 10.9. The highest BCUT2D eigenvalue weighted by atomic mass is 19.4. The van der Waals surface area contributed by atoms with Gasteiger partial charge in [-0.25, -0.2) is 0 Å². The molecule has 180 valence electrons. The van der Waals surface area contributed by atoms with Crippen LogP contribution in [0.25, 0.3) is 0 Å². The van der Waals surface area contributed by atoms with Crippen LogP contribution in [0, 0.1) is 0 Å². The standard InChI is InChI=1S/C22H28F6N2O2/c1-32-18-12-13(21(23,24)25)11-15(22(26,27)28)19(18)20(31)30-17-10-6-5-9-16(17)29-14-7-3-2-4-8-14/h11-12,14,16-17,29H,2-10H2,1H3,(H,30,31). The topological polar surface area (TPSA) is 50.4 Å². The number of alkyl halides is 6. The van der Waals surface area contributed by atoms with Crippen LogP contribution in [-0.4, -0.2) is 31.1 Å². The molecule has 0 bridgehead atoms. The third-order valence-corrected chi connectivity index (χ3v) is 6.32. The summed E-state index contributed by atoms with van der Waals surface area (Å²) in [5, 5.41) is 6.21. The van der Waals surface area contributed by atoms with Crippen molar-refractivity contribution in [1.29, 1.82) is 0 Å². The van der Waals surface area contributed by atoms with Gasteiger partial charge >= 0.3 is 12.4 Å². The number of amides is 1. The van der Waals surface area contributed by atoms with E-state index in [0.29, 0.717) is 18.5 Å². The van der Waals surface area contributed by atoms with Gasteiger partial charge in [-0.3, -0.25) is 4.79 Å². The molecule has 1 amide bonds. The molecule has 2 fully saturated rings. The Labute approximate surface area is 183 Å². The number of hydrogen-bond donors (Lipinski definition) is 2. The van der Waals surface area contributed by atoms with Gasteiger partial charge in [0.25, 0.3) is 5.91 Å². The summed E-state index contributed by atoms with van der Waals surface area (Å²) in [7, 11) is 0.945. The molecule has 4 nitrogen and oxygen atoms in total. The Kier molecular flexibility index (Phi) is 7.62. The van der Waals surface area contributed by atoms with Crippen molar-refractivity contribution in [2.75, 3.05) is 7.11 Å². The molecule has 0 heterocycles. The first-order valence-corrected chi connectivity index (χ1v) is 10.9. The van der Waals surface area contributed by atoms with Crippen molar-refractivity contribution < 1.29 is 35.9 Å². The number of methoxy groups -OCH3 is 1. The van der Waals surface area contributed by atoms with Crippen LogP contribution >= 0.6 is 0 Å². The molecular weight excluding hydrogens is 438 g/mol. The van der Waals surface area contributed by atoms with E-state index in [1.807, 2.05) is 0 Å². The lowest BCUT2D eigenvalue weighted by molar-refractivity contribution is -0.143. The van der Waals surface area contributed by atoms with E-state index in [1.165, 1.54) is 6.42 Å². The Hall–Kier alpha value is -1.97. The molecule has 0 aromatic heterocycles. The number of benzene rings is 1. The lowest BCUT2D eigenvalue weighted by Crippen LogP contribution is -2.54. The fraction of sp³-hybridized carbons (Fsp3) is 0.682. The van der Waals surface area contributed by atoms with Gasteiger partial charge in [-0.05, 0) is 37.8 Å². The fourth-order valence-corrected chi connectivity index (χ4v) is 4.71. The lowest BCUT2D eigenvalue weighted by atomic mass is 9.87. The van der Waals surface area contributed by atoms with Crippen LogP contribution in [0.4, 0.5) is 26.3 Å². The Balaban J connectivity index is 1.88. The number of nitrogens with one attached hydrogen (secondary N) is 2. The highest BCUT2D eigenvalue weighted by molar-refractivity contribution is 5.99. The van der Waals surface area contributed by atoms with Crippen molar-refractivity contribution in [2.45, 2.75) is 88.3 Å². The molecule has 2 saturated carbocycles. The summed E-state index contributed by atoms with van der Waals surface area (Å²) in [5.41, 5.74) is -4.10. The van der Waals surface area contributed by atoms with Gasteiger partial charge in [0.1, 0.15) is 5.75 Å². The molecule has 1 aromatic carbocycles. The van der Waals surface area contributed by atoms with Crippen LogP contribution in [0.1, 0.15) is 79.3 Å². The minimum Gasteiger partial charge on any atom is -0.496 e. The number of hydrogen-bond acceptors (Lipinski definition) is 3. The molecule has 0 radical (unpaired) electrons. The smallest absolute Gasteiger partial charge is 0.417 e. The second kappa shape index (κ2) is 9.89. The minimum absolute atomic E-state index is 0.0317. The maximum absolute atomic E-state index is 13.6. The maximum atomic E-state index is 13.6. The van der Waals surface area contributed by atoms with Gasteiger partial charge in [0.15, 0.2) is 0 Å². The second-order valence-electron chi connectivity index (χ2n) is 8.57. The average molecular weight is 466 g/mol. The predicted octanol–water partition coefficient (Wildman–Crippen LogP) is 5.70. The Morgan fingerprint density at radius 3 is 2.03 bits per heavy atom. The third-order valence-electron chi connectivity index (χ3n) is 6.32. The van der Waals surface area contributed by atoms with Gasteiger partial charge in [0.05, 0.1) is 23.8 Å². The molecule has 3 rings (SSSR count). The van der Waals surface area contributed by atoms with E-state index in [0.717, 1.165) is 52.1 Å². The van der Waals surface area contributed by atoms with Crippen LogP contribution in [0.2, 0.25) is 0 Å². The van der Waals surface area contributed by atoms with Crippen molar-refractivity contribution in [1.82, 2.24) is 10.6 Å². The highest BCUT2D eigenvalue weighted by Crippen LogP contribution is 2.41. The molecule has 2 atom stereocenters. The molecule has 2 aliphatic carbocycles. The summed E-state index contributed by atoms with van der Waals surface area (Å²) in [4.78, 5) is 13.0. The van der Waals surface area contributed by atoms with Gasteiger partial charge < -0.3 is 15.4 Å². The van der Waals surface area contributed by atoms with E-state index < -0.39 is 46.7 Å². The van der Waals surface area contributed by atoms with E-state index in [1.54, 1.807) is 0 Å². The molecule has 2 aliphatic rings. The zero-order valence-corrected chi connectivity index (χ0v) is 17.8. The van der Waals surface area contributed by atoms with Crippen molar-refractivity contribution in [3.8, 4) is 5.75 Å². The summed E-state index contributed by atoms with van der Waals surface area (Å²) in [5.74, 6) is -1.83. The highest BCUT2D eigenvalue weighted by Gasteiger charge is 2.42. The maximum Gasteiger partial charge on any atom is 0.417 e. The number of carbonyl (C=O) groups is 1. The zero-order chi connectivity index (χ0) is 23.5. The molecule has 10 heteroatoms. The Bertz CT molecular complexity index is 803. The van der Waals surface area contributed by atoms with E-state index in [2.05, 4.69) is 10.6 Å². The molecular formula is C22H28F6N2O2. The second-order valence-corrected chi connectivity index (χ2v) is 8.57. The summed E-state index contributed by atoms with van der Waals surface area (Å²) < 4.78 is 85.1. The summed E-state index contributed by atoms with van der Waals surface area (Å²) >= 11 is 0. The largest absolute Gasteiger partial charge is 0.496 e. The molecule has 2 unspecified atom stereocenters. The van der Waals surface area contributed by atoms with E-state index in [4.69, 9.17) is 4.74 Å². The van der Waals surface area contributed by atoms with Gasteiger partial charge in [0, 0.05) is 18.1 Å². The summed E-state index contributed by atoms with van der Waals surface area (Å²) in [6, 6.07) is 0.202. The van der Waals surface area contributed by atoms with Gasteiger partial charge in [-0.1, -0.05) is 32.1 Å². The number of halogens is 6. The number of carbonyl (C=O) groups excluding carboxylic acids is 1. The SMILES string of the molecule is COc1cc(C(F)(F)F)cc(C(F)(F)F)c1C(=O)NC1CCCCC1NC1CCCCC1. The molecule has 0 saturated heterocycles. The number of ether oxygens (including phenoxy) is 1. The van der Waals surface area contributed by atoms with Crippen LogP contribution in [0.3, 0.4) is 0 Å². The molecule has 1 aromatic rings. The molecule has 32 heavy (non-hydrogen) atoms. The monoisotopic (exact) mass is 466 g/mol. The predicted molar refractivity (Wildman–Crippen MR) is 107 cm³/mol. The van der Waals surface area contributed by atoms with Gasteiger partial charge in [-0.15, -0.1) is 0 Å². The first-order chi connectivity index (χ1) is 15.0. The normalized spacial score (nSPS) is 23.1. The van der Waals surface area contributed by atoms with Crippen LogP contribution < -0.4 is 15.4 Å². The summed E-state index contributed by atoms with van der Waals surface area (Å²) in [6.07, 6.45) is -1.63. The average Bonchev–Trinajstić information content (AvgIpc) is 2.73. The molecule has 0 aliphatic heterocycles. The van der Waals surface area contributed by atoms with Crippen molar-refractivity contribution in [3.05, 3.63) is 28.8 Å². The van der Waals surface area contributed by atoms with Crippen molar-refractivity contribution in [2.24, 2.45) is 0 Å². The minimum atomic E-state index is -5.16. The summed E-state index contributed by atoms with van der Waals surface area (Å²) in [6.45, 7) is 0. The van der Waals surface area contributed by atoms with E-state index in [9.17, 15) is 31.1 Å². The van der Waals surface area contributed by atoms with E-state index >= 15 is 0 Å². The van der Waals surface area contributed by atoms with Crippen LogP contribution in [0.15, 0.2) is 12.1 Å². The van der Waals surface area contributed by atoms with Gasteiger partial charge in [0.2, 0.25) is 0 Å². The fourth-order valence-electron chi connectivity index (χ4n) is 4.71. The van der Waals surface area contributed by atoms with E-state index in [-0.39, 0.29) is 12.1 Å². The van der Waals surface area contributed by atoms with Crippen LogP contribution in [0.5, 0.6) is 5.75 Å². The zero-order valence-electron chi connectivity index (χ0n) is 17.8. The quantitative estimate of drug-likeness (QED) is 0.548. The van der Waals surface area contributed by atoms with Crippen molar-refractivity contribution in [3.63, 3.8) is 0 Å². The van der Waals surface area contributed by atoms with Gasteiger partial charge in [-0.2, -0.15) is 26.3 Å². The van der Waals surface area contributed by atoms with Crippen molar-refractivity contribution >= 4 is 5.91 Å². The first kappa shape index (κ1) is 24.7. The Morgan fingerprint density at radius 2 is 1.47 bits per heavy atom. The number of rotatable bonds is 5. The molecule has 0 spiro atoms. The molecule has 2 N–H and O–H groups in total. The lowest BCUT2D eigenvalue weighted by Gasteiger charge is -2.37.